The molecule has 1 heterocycles. The van der Waals surface area contributed by atoms with Crippen molar-refractivity contribution in [3.63, 3.8) is 0 Å². The van der Waals surface area contributed by atoms with Gasteiger partial charge in [-0.05, 0) is 32.2 Å². The summed E-state index contributed by atoms with van der Waals surface area (Å²) in [4.78, 5) is 0. The Morgan fingerprint density at radius 1 is 1.43 bits per heavy atom. The molecule has 0 amide bonds. The van der Waals surface area contributed by atoms with E-state index in [4.69, 9.17) is 9.47 Å². The largest absolute Gasteiger partial charge is 0.381 e. The minimum atomic E-state index is 0.505. The Morgan fingerprint density at radius 3 is 2.71 bits per heavy atom. The van der Waals surface area contributed by atoms with Gasteiger partial charge in [0.2, 0.25) is 0 Å². The van der Waals surface area contributed by atoms with Crippen molar-refractivity contribution in [3.05, 3.63) is 0 Å². The second kappa shape index (κ2) is 7.21. The van der Waals surface area contributed by atoms with Crippen LogP contribution in [0.25, 0.3) is 0 Å². The maximum atomic E-state index is 5.59. The van der Waals surface area contributed by atoms with Crippen molar-refractivity contribution >= 4 is 0 Å². The third kappa shape index (κ3) is 3.95. The Hall–Kier alpha value is -0.120. The van der Waals surface area contributed by atoms with Gasteiger partial charge in [-0.3, -0.25) is 0 Å². The number of likely N-dealkylation sites (N-methyl/N-ethyl adjacent to an activating group) is 1. The Labute approximate surface area is 87.2 Å². The van der Waals surface area contributed by atoms with Crippen molar-refractivity contribution in [2.24, 2.45) is 5.92 Å². The van der Waals surface area contributed by atoms with E-state index in [1.807, 2.05) is 7.05 Å². The molecule has 1 saturated heterocycles. The molecule has 1 unspecified atom stereocenters. The molecule has 3 nitrogen and oxygen atoms in total. The van der Waals surface area contributed by atoms with Crippen LogP contribution >= 0.6 is 0 Å². The highest BCUT2D eigenvalue weighted by Crippen LogP contribution is 2.18. The Kier molecular flexibility index (Phi) is 6.15. The van der Waals surface area contributed by atoms with E-state index in [0.717, 1.165) is 38.8 Å². The average Bonchev–Trinajstić information content (AvgIpc) is 2.26. The molecule has 84 valence electrons. The van der Waals surface area contributed by atoms with E-state index in [2.05, 4.69) is 12.2 Å². The fourth-order valence-corrected chi connectivity index (χ4v) is 1.93. The number of nitrogens with one attached hydrogen (secondary N) is 1. The molecule has 1 atom stereocenters. The fourth-order valence-electron chi connectivity index (χ4n) is 1.93. The molecule has 1 rings (SSSR count). The van der Waals surface area contributed by atoms with Crippen LogP contribution in [0.4, 0.5) is 0 Å². The van der Waals surface area contributed by atoms with Gasteiger partial charge in [0.15, 0.2) is 0 Å². The van der Waals surface area contributed by atoms with Crippen molar-refractivity contribution in [1.29, 1.82) is 0 Å². The van der Waals surface area contributed by atoms with Crippen LogP contribution in [0.2, 0.25) is 0 Å². The molecule has 1 aliphatic heterocycles. The first-order valence-corrected chi connectivity index (χ1v) is 5.71. The second-order valence-electron chi connectivity index (χ2n) is 3.92. The number of ether oxygens (including phenoxy) is 2. The van der Waals surface area contributed by atoms with Gasteiger partial charge in [-0.15, -0.1) is 0 Å². The highest BCUT2D eigenvalue weighted by atomic mass is 16.5. The Balaban J connectivity index is 2.21. The summed E-state index contributed by atoms with van der Waals surface area (Å²) in [6.07, 6.45) is 3.44. The topological polar surface area (TPSA) is 30.5 Å². The third-order valence-electron chi connectivity index (χ3n) is 2.85. The van der Waals surface area contributed by atoms with Crippen LogP contribution < -0.4 is 5.32 Å². The van der Waals surface area contributed by atoms with Crippen molar-refractivity contribution in [2.75, 3.05) is 33.5 Å². The minimum Gasteiger partial charge on any atom is -0.381 e. The lowest BCUT2D eigenvalue weighted by Crippen LogP contribution is -2.40. The van der Waals surface area contributed by atoms with Crippen LogP contribution in [-0.4, -0.2) is 39.5 Å². The maximum absolute atomic E-state index is 5.59. The molecule has 0 bridgehead atoms. The second-order valence-corrected chi connectivity index (χ2v) is 3.92. The first kappa shape index (κ1) is 12.0. The molecule has 14 heavy (non-hydrogen) atoms. The summed E-state index contributed by atoms with van der Waals surface area (Å²) in [7, 11) is 2.02. The molecule has 0 aliphatic carbocycles. The van der Waals surface area contributed by atoms with E-state index in [-0.39, 0.29) is 0 Å². The summed E-state index contributed by atoms with van der Waals surface area (Å²) in [5.74, 6) is 0.727. The molecule has 0 saturated carbocycles. The van der Waals surface area contributed by atoms with E-state index in [1.165, 1.54) is 12.8 Å². The summed E-state index contributed by atoms with van der Waals surface area (Å²) in [6, 6.07) is 0.505. The summed E-state index contributed by atoms with van der Waals surface area (Å²) < 4.78 is 10.9. The van der Waals surface area contributed by atoms with Gasteiger partial charge in [-0.25, -0.2) is 0 Å². The van der Waals surface area contributed by atoms with Crippen molar-refractivity contribution in [2.45, 2.75) is 32.2 Å². The van der Waals surface area contributed by atoms with Gasteiger partial charge in [0.05, 0.1) is 6.61 Å². The zero-order valence-electron chi connectivity index (χ0n) is 9.42. The molecule has 0 spiro atoms. The monoisotopic (exact) mass is 201 g/mol. The molecule has 0 aromatic heterocycles. The van der Waals surface area contributed by atoms with E-state index in [1.54, 1.807) is 0 Å². The zero-order chi connectivity index (χ0) is 10.2. The highest BCUT2D eigenvalue weighted by Gasteiger charge is 2.22. The van der Waals surface area contributed by atoms with Crippen LogP contribution in [0.1, 0.15) is 26.2 Å². The highest BCUT2D eigenvalue weighted by molar-refractivity contribution is 4.77. The maximum Gasteiger partial charge on any atom is 0.0622 e. The fraction of sp³-hybridized carbons (Fsp3) is 1.00. The molecule has 0 aromatic rings. The normalized spacial score (nSPS) is 21.0. The smallest absolute Gasteiger partial charge is 0.0622 e. The van der Waals surface area contributed by atoms with Crippen molar-refractivity contribution in [3.8, 4) is 0 Å². The van der Waals surface area contributed by atoms with Gasteiger partial charge >= 0.3 is 0 Å². The van der Waals surface area contributed by atoms with Gasteiger partial charge in [0.25, 0.3) is 0 Å². The average molecular weight is 201 g/mol. The lowest BCUT2D eigenvalue weighted by molar-refractivity contribution is 0.0306. The predicted octanol–water partition coefficient (Wildman–Crippen LogP) is 1.43. The lowest BCUT2D eigenvalue weighted by Gasteiger charge is -2.29. The van der Waals surface area contributed by atoms with Crippen LogP contribution in [0, 0.1) is 5.92 Å². The van der Waals surface area contributed by atoms with E-state index < -0.39 is 0 Å². The van der Waals surface area contributed by atoms with Crippen molar-refractivity contribution in [1.82, 2.24) is 5.32 Å². The predicted molar refractivity (Wildman–Crippen MR) is 57.5 cm³/mol. The van der Waals surface area contributed by atoms with E-state index in [9.17, 15) is 0 Å². The minimum absolute atomic E-state index is 0.505. The zero-order valence-corrected chi connectivity index (χ0v) is 9.42. The van der Waals surface area contributed by atoms with Gasteiger partial charge in [-0.2, -0.15) is 0 Å². The van der Waals surface area contributed by atoms with Gasteiger partial charge in [0.1, 0.15) is 0 Å². The SMILES string of the molecule is CCCOCC(NC)C1CCOCC1. The van der Waals surface area contributed by atoms with Crippen LogP contribution in [0.15, 0.2) is 0 Å². The number of rotatable bonds is 6. The molecule has 1 aliphatic rings. The number of hydrogen-bond donors (Lipinski definition) is 1. The molecule has 3 heteroatoms. The first-order chi connectivity index (χ1) is 6.88. The molecular weight excluding hydrogens is 178 g/mol. The third-order valence-corrected chi connectivity index (χ3v) is 2.85. The van der Waals surface area contributed by atoms with Gasteiger partial charge < -0.3 is 14.8 Å². The van der Waals surface area contributed by atoms with Crippen molar-refractivity contribution < 1.29 is 9.47 Å². The Bertz CT molecular complexity index is 135. The summed E-state index contributed by atoms with van der Waals surface area (Å²) in [5.41, 5.74) is 0. The van der Waals surface area contributed by atoms with Gasteiger partial charge in [0, 0.05) is 25.9 Å². The Morgan fingerprint density at radius 2 is 2.14 bits per heavy atom. The summed E-state index contributed by atoms with van der Waals surface area (Å²) in [6.45, 7) is 5.69. The standard InChI is InChI=1S/C11H23NO2/c1-3-6-14-9-11(12-2)10-4-7-13-8-5-10/h10-12H,3-9H2,1-2H3. The molecule has 0 radical (unpaired) electrons. The van der Waals surface area contributed by atoms with Crippen LogP contribution in [0.5, 0.6) is 0 Å². The summed E-state index contributed by atoms with van der Waals surface area (Å²) in [5, 5.41) is 3.35. The van der Waals surface area contributed by atoms with E-state index >= 15 is 0 Å². The molecular formula is C11H23NO2. The quantitative estimate of drug-likeness (QED) is 0.659. The molecule has 1 N–H and O–H groups in total. The van der Waals surface area contributed by atoms with Crippen LogP contribution in [-0.2, 0) is 9.47 Å². The van der Waals surface area contributed by atoms with Gasteiger partial charge in [-0.1, -0.05) is 6.92 Å². The summed E-state index contributed by atoms with van der Waals surface area (Å²) >= 11 is 0. The number of hydrogen-bond acceptors (Lipinski definition) is 3. The first-order valence-electron chi connectivity index (χ1n) is 5.71. The van der Waals surface area contributed by atoms with E-state index in [0.29, 0.717) is 6.04 Å². The molecule has 0 aromatic carbocycles. The lowest BCUT2D eigenvalue weighted by atomic mass is 9.92. The molecule has 1 fully saturated rings. The van der Waals surface area contributed by atoms with Crippen LogP contribution in [0.3, 0.4) is 0 Å².